The van der Waals surface area contributed by atoms with Crippen LogP contribution in [0.2, 0.25) is 0 Å². The van der Waals surface area contributed by atoms with Crippen LogP contribution in [0.1, 0.15) is 61.3 Å². The minimum atomic E-state index is -0.965. The van der Waals surface area contributed by atoms with Gasteiger partial charge in [-0.15, -0.1) is 5.10 Å². The quantitative estimate of drug-likeness (QED) is 0.848. The third kappa shape index (κ3) is 1.94. The molecule has 1 aliphatic rings. The highest BCUT2D eigenvalue weighted by molar-refractivity contribution is 5.86. The Bertz CT molecular complexity index is 381. The van der Waals surface area contributed by atoms with Gasteiger partial charge in [-0.1, -0.05) is 31.4 Å². The molecule has 1 aliphatic carbocycles. The Hall–Kier alpha value is -1.39. The second-order valence-corrected chi connectivity index (χ2v) is 4.32. The van der Waals surface area contributed by atoms with E-state index in [4.69, 9.17) is 5.11 Å². The van der Waals surface area contributed by atoms with Crippen LogP contribution in [0.15, 0.2) is 0 Å². The number of nitrogens with zero attached hydrogens (tertiary/aromatic N) is 3. The van der Waals surface area contributed by atoms with Crippen molar-refractivity contribution < 1.29 is 9.90 Å². The van der Waals surface area contributed by atoms with Gasteiger partial charge in [0.05, 0.1) is 11.7 Å². The van der Waals surface area contributed by atoms with Crippen molar-refractivity contribution in [3.8, 4) is 0 Å². The molecule has 1 fully saturated rings. The number of hydrogen-bond donors (Lipinski definition) is 1. The molecule has 1 heterocycles. The fourth-order valence-electron chi connectivity index (χ4n) is 2.39. The predicted octanol–water partition coefficient (Wildman–Crippen LogP) is 2.04. The second-order valence-electron chi connectivity index (χ2n) is 4.32. The van der Waals surface area contributed by atoms with Gasteiger partial charge in [0.15, 0.2) is 5.69 Å². The molecule has 16 heavy (non-hydrogen) atoms. The van der Waals surface area contributed by atoms with E-state index in [2.05, 4.69) is 10.3 Å². The van der Waals surface area contributed by atoms with Crippen molar-refractivity contribution in [3.63, 3.8) is 0 Å². The first kappa shape index (κ1) is 11.1. The van der Waals surface area contributed by atoms with Crippen molar-refractivity contribution in [3.05, 3.63) is 11.4 Å². The van der Waals surface area contributed by atoms with Crippen molar-refractivity contribution in [1.82, 2.24) is 15.0 Å². The van der Waals surface area contributed by atoms with Crippen LogP contribution >= 0.6 is 0 Å². The zero-order valence-electron chi connectivity index (χ0n) is 9.52. The summed E-state index contributed by atoms with van der Waals surface area (Å²) in [5.41, 5.74) is 0.927. The van der Waals surface area contributed by atoms with Crippen LogP contribution < -0.4 is 0 Å². The number of carbonyl (C=O) groups is 1. The van der Waals surface area contributed by atoms with Gasteiger partial charge in [0.2, 0.25) is 0 Å². The van der Waals surface area contributed by atoms with E-state index in [1.807, 2.05) is 11.6 Å². The third-order valence-corrected chi connectivity index (χ3v) is 3.15. The van der Waals surface area contributed by atoms with Gasteiger partial charge in [-0.2, -0.15) is 0 Å². The van der Waals surface area contributed by atoms with Gasteiger partial charge in [0, 0.05) is 0 Å². The minimum absolute atomic E-state index is 0.133. The number of aromatic nitrogens is 3. The van der Waals surface area contributed by atoms with Gasteiger partial charge in [-0.3, -0.25) is 0 Å². The highest BCUT2D eigenvalue weighted by atomic mass is 16.4. The highest BCUT2D eigenvalue weighted by Gasteiger charge is 2.25. The molecule has 0 aliphatic heterocycles. The third-order valence-electron chi connectivity index (χ3n) is 3.15. The number of carboxylic acids is 1. The molecule has 1 aromatic heterocycles. The topological polar surface area (TPSA) is 68.0 Å². The summed E-state index contributed by atoms with van der Waals surface area (Å²) >= 11 is 0. The lowest BCUT2D eigenvalue weighted by atomic mass is 10.1. The highest BCUT2D eigenvalue weighted by Crippen LogP contribution is 2.30. The van der Waals surface area contributed by atoms with Gasteiger partial charge in [-0.05, 0) is 19.3 Å². The van der Waals surface area contributed by atoms with Crippen molar-refractivity contribution in [2.45, 2.75) is 51.5 Å². The molecule has 2 rings (SSSR count). The van der Waals surface area contributed by atoms with Crippen LogP contribution in [0.25, 0.3) is 0 Å². The maximum Gasteiger partial charge on any atom is 0.358 e. The molecule has 0 amide bonds. The SMILES string of the molecule is CCCc1c(C(=O)O)nnn1C1CCCC1. The zero-order chi connectivity index (χ0) is 11.5. The molecule has 0 atom stereocenters. The molecule has 1 N–H and O–H groups in total. The molecule has 0 radical (unpaired) electrons. The van der Waals surface area contributed by atoms with Gasteiger partial charge in [-0.25, -0.2) is 9.48 Å². The van der Waals surface area contributed by atoms with E-state index >= 15 is 0 Å². The van der Waals surface area contributed by atoms with E-state index in [-0.39, 0.29) is 5.69 Å². The van der Waals surface area contributed by atoms with Crippen molar-refractivity contribution in [1.29, 1.82) is 0 Å². The van der Waals surface area contributed by atoms with Crippen molar-refractivity contribution >= 4 is 5.97 Å². The Kier molecular flexibility index (Phi) is 3.22. The maximum atomic E-state index is 11.0. The summed E-state index contributed by atoms with van der Waals surface area (Å²) in [5, 5.41) is 16.8. The summed E-state index contributed by atoms with van der Waals surface area (Å²) in [6, 6.07) is 0.363. The zero-order valence-corrected chi connectivity index (χ0v) is 9.52. The molecule has 1 aromatic rings. The van der Waals surface area contributed by atoms with Crippen LogP contribution in [-0.4, -0.2) is 26.1 Å². The first-order valence-electron chi connectivity index (χ1n) is 5.91. The molecule has 5 nitrogen and oxygen atoms in total. The molecule has 5 heteroatoms. The smallest absolute Gasteiger partial charge is 0.358 e. The Labute approximate surface area is 94.5 Å². The van der Waals surface area contributed by atoms with Crippen LogP contribution in [-0.2, 0) is 6.42 Å². The average molecular weight is 223 g/mol. The molecule has 0 unspecified atom stereocenters. The molecular weight excluding hydrogens is 206 g/mol. The summed E-state index contributed by atoms with van der Waals surface area (Å²) < 4.78 is 1.85. The Balaban J connectivity index is 2.32. The molecule has 0 aromatic carbocycles. The predicted molar refractivity (Wildman–Crippen MR) is 58.5 cm³/mol. The van der Waals surface area contributed by atoms with Crippen molar-refractivity contribution in [2.75, 3.05) is 0 Å². The van der Waals surface area contributed by atoms with Crippen LogP contribution in [0.4, 0.5) is 0 Å². The van der Waals surface area contributed by atoms with E-state index in [1.165, 1.54) is 12.8 Å². The minimum Gasteiger partial charge on any atom is -0.476 e. The Morgan fingerprint density at radius 3 is 2.75 bits per heavy atom. The summed E-state index contributed by atoms with van der Waals surface area (Å²) in [6.07, 6.45) is 6.26. The first-order valence-corrected chi connectivity index (χ1v) is 5.91. The number of aromatic carboxylic acids is 1. The monoisotopic (exact) mass is 223 g/mol. The molecule has 0 spiro atoms. The van der Waals surface area contributed by atoms with Crippen LogP contribution in [0.5, 0.6) is 0 Å². The van der Waals surface area contributed by atoms with E-state index in [0.717, 1.165) is 31.4 Å². The maximum absolute atomic E-state index is 11.0. The average Bonchev–Trinajstić information content (AvgIpc) is 2.84. The van der Waals surface area contributed by atoms with Gasteiger partial charge >= 0.3 is 5.97 Å². The molecular formula is C11H17N3O2. The Morgan fingerprint density at radius 1 is 1.50 bits per heavy atom. The summed E-state index contributed by atoms with van der Waals surface area (Å²) in [7, 11) is 0. The van der Waals surface area contributed by atoms with E-state index in [9.17, 15) is 4.79 Å². The van der Waals surface area contributed by atoms with Crippen LogP contribution in [0.3, 0.4) is 0 Å². The fourth-order valence-corrected chi connectivity index (χ4v) is 2.39. The fraction of sp³-hybridized carbons (Fsp3) is 0.727. The van der Waals surface area contributed by atoms with E-state index in [0.29, 0.717) is 6.04 Å². The van der Waals surface area contributed by atoms with Gasteiger partial charge < -0.3 is 5.11 Å². The van der Waals surface area contributed by atoms with Crippen LogP contribution in [0, 0.1) is 0 Å². The van der Waals surface area contributed by atoms with Gasteiger partial charge in [0.1, 0.15) is 0 Å². The lowest BCUT2D eigenvalue weighted by molar-refractivity contribution is 0.0689. The first-order chi connectivity index (χ1) is 7.74. The number of hydrogen-bond acceptors (Lipinski definition) is 3. The summed E-state index contributed by atoms with van der Waals surface area (Å²) in [4.78, 5) is 11.0. The van der Waals surface area contributed by atoms with Crippen molar-refractivity contribution in [2.24, 2.45) is 0 Å². The number of rotatable bonds is 4. The molecule has 1 saturated carbocycles. The Morgan fingerprint density at radius 2 is 2.19 bits per heavy atom. The normalized spacial score (nSPS) is 16.8. The van der Waals surface area contributed by atoms with E-state index < -0.39 is 5.97 Å². The largest absolute Gasteiger partial charge is 0.476 e. The summed E-state index contributed by atoms with van der Waals surface area (Å²) in [5.74, 6) is -0.965. The standard InChI is InChI=1S/C11H17N3O2/c1-2-5-9-10(11(15)16)12-13-14(9)8-6-3-4-7-8/h8H,2-7H2,1H3,(H,15,16). The second kappa shape index (κ2) is 4.63. The molecule has 0 saturated heterocycles. The molecule has 0 bridgehead atoms. The number of carboxylic acid groups (broad SMARTS) is 1. The lowest BCUT2D eigenvalue weighted by Crippen LogP contribution is -2.12. The summed E-state index contributed by atoms with van der Waals surface area (Å²) in [6.45, 7) is 2.04. The lowest BCUT2D eigenvalue weighted by Gasteiger charge is -2.12. The van der Waals surface area contributed by atoms with E-state index in [1.54, 1.807) is 0 Å². The molecule has 88 valence electrons. The van der Waals surface area contributed by atoms with Gasteiger partial charge in [0.25, 0.3) is 0 Å².